The van der Waals surface area contributed by atoms with Crippen molar-refractivity contribution in [3.63, 3.8) is 0 Å². The molecular formula is C23H30N2O3. The van der Waals surface area contributed by atoms with Gasteiger partial charge in [0.05, 0.1) is 20.6 Å². The van der Waals surface area contributed by atoms with Gasteiger partial charge in [0, 0.05) is 25.2 Å². The fourth-order valence-electron chi connectivity index (χ4n) is 3.68. The molecule has 1 heterocycles. The van der Waals surface area contributed by atoms with Crippen molar-refractivity contribution in [3.05, 3.63) is 59.2 Å². The number of amides is 1. The van der Waals surface area contributed by atoms with Gasteiger partial charge in [-0.2, -0.15) is 0 Å². The lowest BCUT2D eigenvalue weighted by Crippen LogP contribution is -2.53. The summed E-state index contributed by atoms with van der Waals surface area (Å²) >= 11 is 0. The summed E-state index contributed by atoms with van der Waals surface area (Å²) in [5.41, 5.74) is 3.62. The van der Waals surface area contributed by atoms with Gasteiger partial charge in [-0.3, -0.25) is 9.69 Å². The van der Waals surface area contributed by atoms with Crippen LogP contribution < -0.4 is 14.8 Å². The largest absolute Gasteiger partial charge is 0.493 e. The molecule has 3 rings (SSSR count). The van der Waals surface area contributed by atoms with Crippen LogP contribution in [0.15, 0.2) is 42.5 Å². The van der Waals surface area contributed by atoms with Crippen LogP contribution in [0.4, 0.5) is 0 Å². The van der Waals surface area contributed by atoms with Crippen molar-refractivity contribution in [1.82, 2.24) is 10.2 Å². The number of nitrogens with zero attached hydrogens (tertiary/aromatic N) is 1. The molecule has 0 bridgehead atoms. The van der Waals surface area contributed by atoms with E-state index in [4.69, 9.17) is 9.47 Å². The minimum Gasteiger partial charge on any atom is -0.493 e. The number of carbonyl (C=O) groups excluding carboxylic acids is 1. The van der Waals surface area contributed by atoms with Crippen molar-refractivity contribution < 1.29 is 14.3 Å². The first-order valence-corrected chi connectivity index (χ1v) is 9.72. The molecule has 0 spiro atoms. The molecule has 0 fully saturated rings. The molecule has 0 atom stereocenters. The van der Waals surface area contributed by atoms with Gasteiger partial charge < -0.3 is 14.8 Å². The molecule has 0 unspecified atom stereocenters. The predicted octanol–water partition coefficient (Wildman–Crippen LogP) is 3.20. The molecule has 1 amide bonds. The number of fused-ring (bicyclic) bond motifs is 1. The quantitative estimate of drug-likeness (QED) is 0.799. The summed E-state index contributed by atoms with van der Waals surface area (Å²) in [6.07, 6.45) is 1.37. The van der Waals surface area contributed by atoms with E-state index < -0.39 is 0 Å². The van der Waals surface area contributed by atoms with Crippen LogP contribution >= 0.6 is 0 Å². The SMILES string of the molecule is COc1ccc(CC(=O)NCC(C)(C)N2CCc3ccccc3C2)cc1OC. The van der Waals surface area contributed by atoms with Crippen LogP contribution in [0.1, 0.15) is 30.5 Å². The van der Waals surface area contributed by atoms with Crippen LogP contribution in [0, 0.1) is 0 Å². The third-order valence-corrected chi connectivity index (χ3v) is 5.52. The second kappa shape index (κ2) is 8.65. The van der Waals surface area contributed by atoms with Crippen molar-refractivity contribution in [2.75, 3.05) is 27.3 Å². The molecular weight excluding hydrogens is 352 g/mol. The Kier molecular flexibility index (Phi) is 6.25. The van der Waals surface area contributed by atoms with E-state index in [1.165, 1.54) is 11.1 Å². The number of ether oxygens (including phenoxy) is 2. The molecule has 1 N–H and O–H groups in total. The lowest BCUT2D eigenvalue weighted by molar-refractivity contribution is -0.121. The van der Waals surface area contributed by atoms with Gasteiger partial charge in [0.2, 0.25) is 5.91 Å². The average Bonchev–Trinajstić information content (AvgIpc) is 2.72. The summed E-state index contributed by atoms with van der Waals surface area (Å²) in [7, 11) is 3.20. The maximum atomic E-state index is 12.5. The number of benzene rings is 2. The Labute approximate surface area is 167 Å². The zero-order valence-corrected chi connectivity index (χ0v) is 17.2. The Bertz CT molecular complexity index is 832. The first-order valence-electron chi connectivity index (χ1n) is 9.72. The summed E-state index contributed by atoms with van der Waals surface area (Å²) in [4.78, 5) is 14.9. The fraction of sp³-hybridized carbons (Fsp3) is 0.435. The summed E-state index contributed by atoms with van der Waals surface area (Å²) < 4.78 is 10.6. The van der Waals surface area contributed by atoms with Gasteiger partial charge >= 0.3 is 0 Å². The van der Waals surface area contributed by atoms with Crippen molar-refractivity contribution in [3.8, 4) is 11.5 Å². The summed E-state index contributed by atoms with van der Waals surface area (Å²) in [6, 6.07) is 14.2. The maximum Gasteiger partial charge on any atom is 0.224 e. The monoisotopic (exact) mass is 382 g/mol. The van der Waals surface area contributed by atoms with Crippen LogP contribution in [-0.2, 0) is 24.2 Å². The molecule has 2 aromatic carbocycles. The van der Waals surface area contributed by atoms with Crippen LogP contribution in [0.2, 0.25) is 0 Å². The number of rotatable bonds is 7. The number of hydrogen-bond donors (Lipinski definition) is 1. The van der Waals surface area contributed by atoms with E-state index in [2.05, 4.69) is 48.3 Å². The highest BCUT2D eigenvalue weighted by Crippen LogP contribution is 2.28. The van der Waals surface area contributed by atoms with Gasteiger partial charge in [-0.25, -0.2) is 0 Å². The Morgan fingerprint density at radius 2 is 1.79 bits per heavy atom. The normalized spacial score (nSPS) is 14.3. The van der Waals surface area contributed by atoms with E-state index >= 15 is 0 Å². The zero-order valence-electron chi connectivity index (χ0n) is 17.2. The van der Waals surface area contributed by atoms with E-state index in [1.807, 2.05) is 18.2 Å². The number of hydrogen-bond acceptors (Lipinski definition) is 4. The predicted molar refractivity (Wildman–Crippen MR) is 111 cm³/mol. The molecule has 0 radical (unpaired) electrons. The molecule has 1 aliphatic heterocycles. The summed E-state index contributed by atoms with van der Waals surface area (Å²) in [6.45, 7) is 6.93. The number of carbonyl (C=O) groups is 1. The second-order valence-electron chi connectivity index (χ2n) is 7.90. The van der Waals surface area contributed by atoms with Crippen molar-refractivity contribution in [2.45, 2.75) is 38.8 Å². The highest BCUT2D eigenvalue weighted by atomic mass is 16.5. The number of nitrogens with one attached hydrogen (secondary N) is 1. The van der Waals surface area contributed by atoms with Gasteiger partial charge in [-0.15, -0.1) is 0 Å². The van der Waals surface area contributed by atoms with E-state index in [-0.39, 0.29) is 11.4 Å². The first-order chi connectivity index (χ1) is 13.4. The minimum absolute atomic E-state index is 0.0118. The molecule has 0 aliphatic carbocycles. The molecule has 28 heavy (non-hydrogen) atoms. The molecule has 5 heteroatoms. The van der Waals surface area contributed by atoms with Gasteiger partial charge in [-0.05, 0) is 49.1 Å². The van der Waals surface area contributed by atoms with Crippen LogP contribution in [0.25, 0.3) is 0 Å². The van der Waals surface area contributed by atoms with E-state index in [1.54, 1.807) is 14.2 Å². The molecule has 0 saturated heterocycles. The van der Waals surface area contributed by atoms with Gasteiger partial charge in [0.15, 0.2) is 11.5 Å². The zero-order chi connectivity index (χ0) is 20.1. The Morgan fingerprint density at radius 1 is 1.07 bits per heavy atom. The maximum absolute atomic E-state index is 12.5. The van der Waals surface area contributed by atoms with Gasteiger partial charge in [0.25, 0.3) is 0 Å². The average molecular weight is 383 g/mol. The second-order valence-corrected chi connectivity index (χ2v) is 7.90. The number of methoxy groups -OCH3 is 2. The standard InChI is InChI=1S/C23H30N2O3/c1-23(2,25-12-11-18-7-5-6-8-19(18)15-25)16-24-22(26)14-17-9-10-20(27-3)21(13-17)28-4/h5-10,13H,11-12,14-16H2,1-4H3,(H,24,26). The lowest BCUT2D eigenvalue weighted by atomic mass is 9.94. The van der Waals surface area contributed by atoms with Crippen molar-refractivity contribution >= 4 is 5.91 Å². The van der Waals surface area contributed by atoms with E-state index in [0.29, 0.717) is 24.5 Å². The van der Waals surface area contributed by atoms with Crippen LogP contribution in [-0.4, -0.2) is 43.7 Å². The van der Waals surface area contributed by atoms with Gasteiger partial charge in [0.1, 0.15) is 0 Å². The van der Waals surface area contributed by atoms with Gasteiger partial charge in [-0.1, -0.05) is 30.3 Å². The lowest BCUT2D eigenvalue weighted by Gasteiger charge is -2.41. The van der Waals surface area contributed by atoms with Crippen LogP contribution in [0.5, 0.6) is 11.5 Å². The summed E-state index contributed by atoms with van der Waals surface area (Å²) in [5, 5.41) is 3.11. The molecule has 0 aromatic heterocycles. The highest BCUT2D eigenvalue weighted by molar-refractivity contribution is 5.78. The van der Waals surface area contributed by atoms with Crippen LogP contribution in [0.3, 0.4) is 0 Å². The molecule has 1 aliphatic rings. The van der Waals surface area contributed by atoms with Crippen molar-refractivity contribution in [2.24, 2.45) is 0 Å². The molecule has 5 nitrogen and oxygen atoms in total. The Morgan fingerprint density at radius 3 is 2.50 bits per heavy atom. The third kappa shape index (κ3) is 4.65. The van der Waals surface area contributed by atoms with Crippen molar-refractivity contribution in [1.29, 1.82) is 0 Å². The minimum atomic E-state index is -0.110. The fourth-order valence-corrected chi connectivity index (χ4v) is 3.68. The molecule has 0 saturated carbocycles. The van der Waals surface area contributed by atoms with E-state index in [0.717, 1.165) is 25.1 Å². The Balaban J connectivity index is 1.56. The third-order valence-electron chi connectivity index (χ3n) is 5.52. The molecule has 150 valence electrons. The highest BCUT2D eigenvalue weighted by Gasteiger charge is 2.30. The topological polar surface area (TPSA) is 50.8 Å². The Hall–Kier alpha value is -2.53. The summed E-state index contributed by atoms with van der Waals surface area (Å²) in [5.74, 6) is 1.32. The smallest absolute Gasteiger partial charge is 0.224 e. The first kappa shape index (κ1) is 20.2. The van der Waals surface area contributed by atoms with E-state index in [9.17, 15) is 4.79 Å². The molecule has 2 aromatic rings.